The first-order valence-electron chi connectivity index (χ1n) is 6.98. The number of nitrogens with two attached hydrogens (primary N) is 1. The Morgan fingerprint density at radius 2 is 1.65 bits per heavy atom. The highest BCUT2D eigenvalue weighted by Crippen LogP contribution is 2.23. The summed E-state index contributed by atoms with van der Waals surface area (Å²) in [5, 5.41) is 0. The quantitative estimate of drug-likeness (QED) is 0.780. The van der Waals surface area contributed by atoms with Crippen LogP contribution in [0.25, 0.3) is 0 Å². The molecule has 132 valence electrons. The lowest BCUT2D eigenvalue weighted by atomic mass is 9.96. The molecule has 7 nitrogen and oxygen atoms in total. The fourth-order valence-corrected chi connectivity index (χ4v) is 4.69. The second kappa shape index (κ2) is 7.45. The van der Waals surface area contributed by atoms with Crippen molar-refractivity contribution in [3.05, 3.63) is 24.3 Å². The molecule has 2 rings (SSSR count). The van der Waals surface area contributed by atoms with Crippen molar-refractivity contribution >= 4 is 32.5 Å². The van der Waals surface area contributed by atoms with E-state index in [1.165, 1.54) is 35.6 Å². The molecule has 10 heteroatoms. The lowest BCUT2D eigenvalue weighted by Crippen LogP contribution is -2.48. The number of halogens is 1. The maximum Gasteiger partial charge on any atom is 0.243 e. The Labute approximate surface area is 143 Å². The minimum atomic E-state index is -3.62. The molecule has 1 fully saturated rings. The Morgan fingerprint density at radius 3 is 2.13 bits per heavy atom. The predicted octanol–water partition coefficient (Wildman–Crippen LogP) is 0.374. The normalized spacial score (nSPS) is 23.3. The third-order valence-corrected chi connectivity index (χ3v) is 7.28. The SMILES string of the molecule is CNS(=O)(=O)c1ccc(S(=O)(=O)N2CCC(N)C(C)C2)cc1.Cl. The largest absolute Gasteiger partial charge is 0.327 e. The highest BCUT2D eigenvalue weighted by molar-refractivity contribution is 7.89. The van der Waals surface area contributed by atoms with E-state index in [1.807, 2.05) is 6.92 Å². The molecular formula is C13H22ClN3O4S2. The number of nitrogens with zero attached hydrogens (tertiary/aromatic N) is 1. The van der Waals surface area contributed by atoms with E-state index in [-0.39, 0.29) is 34.2 Å². The van der Waals surface area contributed by atoms with Gasteiger partial charge < -0.3 is 5.73 Å². The van der Waals surface area contributed by atoms with Crippen LogP contribution in [0.1, 0.15) is 13.3 Å². The summed E-state index contributed by atoms with van der Waals surface area (Å²) >= 11 is 0. The summed E-state index contributed by atoms with van der Waals surface area (Å²) in [7, 11) is -5.90. The van der Waals surface area contributed by atoms with Crippen LogP contribution in [0.5, 0.6) is 0 Å². The molecule has 2 atom stereocenters. The van der Waals surface area contributed by atoms with Crippen molar-refractivity contribution in [3.63, 3.8) is 0 Å². The monoisotopic (exact) mass is 383 g/mol. The van der Waals surface area contributed by atoms with Crippen LogP contribution < -0.4 is 10.5 Å². The van der Waals surface area contributed by atoms with Gasteiger partial charge >= 0.3 is 0 Å². The highest BCUT2D eigenvalue weighted by atomic mass is 35.5. The Morgan fingerprint density at radius 1 is 1.13 bits per heavy atom. The van der Waals surface area contributed by atoms with Crippen molar-refractivity contribution < 1.29 is 16.8 Å². The van der Waals surface area contributed by atoms with Crippen LogP contribution in [0.15, 0.2) is 34.1 Å². The third kappa shape index (κ3) is 4.23. The standard InChI is InChI=1S/C13H21N3O4S2.ClH/c1-10-9-16(8-7-13(10)14)22(19,20)12-5-3-11(4-6-12)21(17,18)15-2;/h3-6,10,13,15H,7-9,14H2,1-2H3;1H. The number of piperidine rings is 1. The fraction of sp³-hybridized carbons (Fsp3) is 0.538. The number of hydrogen-bond acceptors (Lipinski definition) is 5. The fourth-order valence-electron chi connectivity index (χ4n) is 2.40. The van der Waals surface area contributed by atoms with Crippen LogP contribution in [-0.4, -0.2) is 47.3 Å². The summed E-state index contributed by atoms with van der Waals surface area (Å²) < 4.78 is 52.1. The Bertz CT molecular complexity index is 735. The van der Waals surface area contributed by atoms with Crippen LogP contribution in [-0.2, 0) is 20.0 Å². The molecular weight excluding hydrogens is 362 g/mol. The van der Waals surface area contributed by atoms with Gasteiger partial charge in [0.15, 0.2) is 0 Å². The van der Waals surface area contributed by atoms with E-state index < -0.39 is 20.0 Å². The van der Waals surface area contributed by atoms with Gasteiger partial charge in [0.2, 0.25) is 20.0 Å². The molecule has 1 heterocycles. The van der Waals surface area contributed by atoms with E-state index >= 15 is 0 Å². The minimum absolute atomic E-state index is 0. The molecule has 0 aliphatic carbocycles. The molecule has 0 saturated carbocycles. The average Bonchev–Trinajstić information content (AvgIpc) is 2.50. The van der Waals surface area contributed by atoms with Crippen LogP contribution in [0.3, 0.4) is 0 Å². The number of benzene rings is 1. The molecule has 1 saturated heterocycles. The maximum absolute atomic E-state index is 12.6. The molecule has 0 amide bonds. The molecule has 0 spiro atoms. The number of hydrogen-bond donors (Lipinski definition) is 2. The Balaban J connectivity index is 0.00000264. The summed E-state index contributed by atoms with van der Waals surface area (Å²) in [5.41, 5.74) is 5.91. The summed E-state index contributed by atoms with van der Waals surface area (Å²) in [6.45, 7) is 2.68. The van der Waals surface area contributed by atoms with Gasteiger partial charge in [-0.2, -0.15) is 4.31 Å². The zero-order valence-electron chi connectivity index (χ0n) is 13.0. The molecule has 1 aliphatic heterocycles. The summed E-state index contributed by atoms with van der Waals surface area (Å²) in [5.74, 6) is 0.0902. The van der Waals surface area contributed by atoms with Crippen molar-refractivity contribution in [1.29, 1.82) is 0 Å². The predicted molar refractivity (Wildman–Crippen MR) is 90.5 cm³/mol. The van der Waals surface area contributed by atoms with Gasteiger partial charge in [-0.1, -0.05) is 6.92 Å². The lowest BCUT2D eigenvalue weighted by molar-refractivity contribution is 0.250. The minimum Gasteiger partial charge on any atom is -0.327 e. The van der Waals surface area contributed by atoms with Gasteiger partial charge in [-0.05, 0) is 43.7 Å². The van der Waals surface area contributed by atoms with E-state index in [1.54, 1.807) is 0 Å². The van der Waals surface area contributed by atoms with E-state index in [0.717, 1.165) is 0 Å². The third-order valence-electron chi connectivity index (χ3n) is 3.97. The van der Waals surface area contributed by atoms with Gasteiger partial charge in [-0.25, -0.2) is 21.6 Å². The zero-order valence-corrected chi connectivity index (χ0v) is 15.4. The molecule has 1 aromatic carbocycles. The smallest absolute Gasteiger partial charge is 0.243 e. The first kappa shape index (κ1) is 20.3. The lowest BCUT2D eigenvalue weighted by Gasteiger charge is -2.34. The maximum atomic E-state index is 12.6. The molecule has 23 heavy (non-hydrogen) atoms. The molecule has 0 radical (unpaired) electrons. The highest BCUT2D eigenvalue weighted by Gasteiger charge is 2.32. The van der Waals surface area contributed by atoms with Crippen LogP contribution in [0.4, 0.5) is 0 Å². The molecule has 3 N–H and O–H groups in total. The molecule has 0 aromatic heterocycles. The number of rotatable bonds is 4. The van der Waals surface area contributed by atoms with Crippen LogP contribution in [0.2, 0.25) is 0 Å². The van der Waals surface area contributed by atoms with Gasteiger partial charge in [-0.3, -0.25) is 0 Å². The van der Waals surface area contributed by atoms with Crippen molar-refractivity contribution in [2.75, 3.05) is 20.1 Å². The molecule has 0 bridgehead atoms. The van der Waals surface area contributed by atoms with Crippen molar-refractivity contribution in [2.45, 2.75) is 29.2 Å². The van der Waals surface area contributed by atoms with E-state index in [4.69, 9.17) is 5.73 Å². The number of sulfonamides is 2. The van der Waals surface area contributed by atoms with Gasteiger partial charge in [0.05, 0.1) is 9.79 Å². The second-order valence-corrected chi connectivity index (χ2v) is 9.30. The van der Waals surface area contributed by atoms with Crippen LogP contribution in [0, 0.1) is 5.92 Å². The van der Waals surface area contributed by atoms with Crippen molar-refractivity contribution in [2.24, 2.45) is 11.7 Å². The molecule has 1 aromatic rings. The summed E-state index contributed by atoms with van der Waals surface area (Å²) in [6.07, 6.45) is 0.618. The van der Waals surface area contributed by atoms with E-state index in [2.05, 4.69) is 4.72 Å². The zero-order chi connectivity index (χ0) is 16.5. The number of nitrogens with one attached hydrogen (secondary N) is 1. The summed E-state index contributed by atoms with van der Waals surface area (Å²) in [4.78, 5) is 0.119. The first-order chi connectivity index (χ1) is 10.2. The summed E-state index contributed by atoms with van der Waals surface area (Å²) in [6, 6.07) is 5.22. The Kier molecular flexibility index (Phi) is 6.59. The first-order valence-corrected chi connectivity index (χ1v) is 9.90. The van der Waals surface area contributed by atoms with Crippen molar-refractivity contribution in [1.82, 2.24) is 9.03 Å². The molecule has 2 unspecified atom stereocenters. The van der Waals surface area contributed by atoms with Gasteiger partial charge in [-0.15, -0.1) is 12.4 Å². The Hall–Kier alpha value is -0.710. The van der Waals surface area contributed by atoms with Gasteiger partial charge in [0.25, 0.3) is 0 Å². The van der Waals surface area contributed by atoms with Crippen molar-refractivity contribution in [3.8, 4) is 0 Å². The van der Waals surface area contributed by atoms with Gasteiger partial charge in [0.1, 0.15) is 0 Å². The van der Waals surface area contributed by atoms with E-state index in [0.29, 0.717) is 19.5 Å². The van der Waals surface area contributed by atoms with E-state index in [9.17, 15) is 16.8 Å². The van der Waals surface area contributed by atoms with Crippen LogP contribution >= 0.6 is 12.4 Å². The second-order valence-electron chi connectivity index (χ2n) is 5.47. The average molecular weight is 384 g/mol. The van der Waals surface area contributed by atoms with Gasteiger partial charge in [0, 0.05) is 19.1 Å². The topological polar surface area (TPSA) is 110 Å². The molecule has 1 aliphatic rings.